The zero-order valence-corrected chi connectivity index (χ0v) is 10.7. The fourth-order valence-corrected chi connectivity index (χ4v) is 3.48. The lowest BCUT2D eigenvalue weighted by Crippen LogP contribution is -2.30. The fraction of sp³-hybridized carbons (Fsp3) is 1.00. The summed E-state index contributed by atoms with van der Waals surface area (Å²) in [6.45, 7) is 4.43. The van der Waals surface area contributed by atoms with Gasteiger partial charge >= 0.3 is 0 Å². The summed E-state index contributed by atoms with van der Waals surface area (Å²) in [5.74, 6) is 2.81. The van der Waals surface area contributed by atoms with Gasteiger partial charge in [0.1, 0.15) is 6.17 Å². The molecule has 1 nitrogen and oxygen atoms in total. The molecular formula is C14H29FO. The molecule has 0 bridgehead atoms. The van der Waals surface area contributed by atoms with Crippen LogP contribution in [0.2, 0.25) is 0 Å². The van der Waals surface area contributed by atoms with Crippen LogP contribution in [0.5, 0.6) is 0 Å². The Morgan fingerprint density at radius 2 is 1.44 bits per heavy atom. The molecule has 0 radical (unpaired) electrons. The predicted octanol–water partition coefficient (Wildman–Crippen LogP) is 4.01. The lowest BCUT2D eigenvalue weighted by molar-refractivity contribution is 0.0854. The van der Waals surface area contributed by atoms with E-state index in [0.29, 0.717) is 11.8 Å². The SMILES string of the molecule is CC1CCC(C2CCC(C)C(F)C2)CC1.O.[HH]. The zero-order chi connectivity index (χ0) is 10.8. The molecule has 2 N–H and O–H groups in total. The van der Waals surface area contributed by atoms with Gasteiger partial charge in [0.15, 0.2) is 0 Å². The average molecular weight is 232 g/mol. The molecule has 3 unspecified atom stereocenters. The summed E-state index contributed by atoms with van der Waals surface area (Å²) in [6, 6.07) is 0. The molecule has 2 fully saturated rings. The van der Waals surface area contributed by atoms with Crippen molar-refractivity contribution in [2.45, 2.75) is 65.0 Å². The molecule has 0 aliphatic heterocycles. The molecule has 16 heavy (non-hydrogen) atoms. The number of halogens is 1. The number of alkyl halides is 1. The van der Waals surface area contributed by atoms with Crippen molar-refractivity contribution in [1.29, 1.82) is 0 Å². The van der Waals surface area contributed by atoms with E-state index in [1.165, 1.54) is 32.1 Å². The lowest BCUT2D eigenvalue weighted by Gasteiger charge is -2.38. The third-order valence-electron chi connectivity index (χ3n) is 4.87. The van der Waals surface area contributed by atoms with E-state index < -0.39 is 6.17 Å². The van der Waals surface area contributed by atoms with E-state index in [4.69, 9.17) is 0 Å². The van der Waals surface area contributed by atoms with Crippen LogP contribution in [-0.2, 0) is 0 Å². The van der Waals surface area contributed by atoms with Crippen molar-refractivity contribution in [3.05, 3.63) is 0 Å². The van der Waals surface area contributed by atoms with Crippen LogP contribution in [0.3, 0.4) is 0 Å². The molecule has 0 heterocycles. The average Bonchev–Trinajstić information content (AvgIpc) is 2.23. The summed E-state index contributed by atoms with van der Waals surface area (Å²) >= 11 is 0. The van der Waals surface area contributed by atoms with Crippen LogP contribution in [0.15, 0.2) is 0 Å². The fourth-order valence-electron chi connectivity index (χ4n) is 3.48. The molecule has 0 aromatic rings. The van der Waals surface area contributed by atoms with Crippen molar-refractivity contribution in [2.24, 2.45) is 23.7 Å². The van der Waals surface area contributed by atoms with Crippen LogP contribution >= 0.6 is 0 Å². The molecule has 0 aromatic carbocycles. The molecule has 2 saturated carbocycles. The summed E-state index contributed by atoms with van der Waals surface area (Å²) < 4.78 is 13.7. The minimum Gasteiger partial charge on any atom is -0.412 e. The molecule has 2 heteroatoms. The highest BCUT2D eigenvalue weighted by molar-refractivity contribution is 4.84. The van der Waals surface area contributed by atoms with Gasteiger partial charge in [-0.1, -0.05) is 26.7 Å². The van der Waals surface area contributed by atoms with E-state index in [-0.39, 0.29) is 6.90 Å². The smallest absolute Gasteiger partial charge is 0.103 e. The largest absolute Gasteiger partial charge is 0.412 e. The predicted molar refractivity (Wildman–Crippen MR) is 68.3 cm³/mol. The number of rotatable bonds is 1. The third kappa shape index (κ3) is 3.19. The Balaban J connectivity index is 0.00000128. The lowest BCUT2D eigenvalue weighted by atomic mass is 9.69. The van der Waals surface area contributed by atoms with Gasteiger partial charge in [0.05, 0.1) is 0 Å². The minimum atomic E-state index is -0.511. The van der Waals surface area contributed by atoms with Gasteiger partial charge in [0, 0.05) is 1.43 Å². The molecule has 0 saturated heterocycles. The van der Waals surface area contributed by atoms with Crippen molar-refractivity contribution in [3.63, 3.8) is 0 Å². The van der Waals surface area contributed by atoms with Crippen molar-refractivity contribution in [1.82, 2.24) is 0 Å². The van der Waals surface area contributed by atoms with Crippen molar-refractivity contribution in [2.75, 3.05) is 0 Å². The van der Waals surface area contributed by atoms with Gasteiger partial charge in [-0.05, 0) is 55.8 Å². The van der Waals surface area contributed by atoms with Gasteiger partial charge in [-0.25, -0.2) is 4.39 Å². The second-order valence-corrected chi connectivity index (χ2v) is 6.09. The van der Waals surface area contributed by atoms with Crippen molar-refractivity contribution >= 4 is 0 Å². The van der Waals surface area contributed by atoms with Gasteiger partial charge in [0.2, 0.25) is 0 Å². The van der Waals surface area contributed by atoms with E-state index >= 15 is 0 Å². The van der Waals surface area contributed by atoms with Crippen LogP contribution < -0.4 is 0 Å². The summed E-state index contributed by atoms with van der Waals surface area (Å²) in [5, 5.41) is 0. The quantitative estimate of drug-likeness (QED) is 0.654. The molecule has 2 aliphatic rings. The first-order valence-corrected chi connectivity index (χ1v) is 6.81. The van der Waals surface area contributed by atoms with E-state index in [9.17, 15) is 4.39 Å². The van der Waals surface area contributed by atoms with Crippen LogP contribution in [0.1, 0.15) is 60.2 Å². The van der Waals surface area contributed by atoms with Crippen molar-refractivity contribution < 1.29 is 11.3 Å². The Morgan fingerprint density at radius 1 is 0.875 bits per heavy atom. The van der Waals surface area contributed by atoms with Crippen LogP contribution in [0, 0.1) is 23.7 Å². The molecule has 0 amide bonds. The van der Waals surface area contributed by atoms with E-state index in [1.54, 1.807) is 0 Å². The molecule has 2 rings (SSSR count). The standard InChI is InChI=1S/C14H25F.H2O.H2/c1-10-3-6-12(7-4-10)13-8-5-11(2)14(15)9-13;;/h10-14H,3-9H2,1-2H3;1H2;1H. The summed E-state index contributed by atoms with van der Waals surface area (Å²) in [5.41, 5.74) is 0. The third-order valence-corrected chi connectivity index (χ3v) is 4.87. The summed E-state index contributed by atoms with van der Waals surface area (Å²) in [7, 11) is 0. The zero-order valence-electron chi connectivity index (χ0n) is 10.7. The van der Waals surface area contributed by atoms with Gasteiger partial charge in [0.25, 0.3) is 0 Å². The highest BCUT2D eigenvalue weighted by atomic mass is 19.1. The Bertz CT molecular complexity index is 204. The minimum absolute atomic E-state index is 0. The topological polar surface area (TPSA) is 31.5 Å². The highest BCUT2D eigenvalue weighted by Crippen LogP contribution is 2.41. The number of hydrogen-bond donors (Lipinski definition) is 0. The van der Waals surface area contributed by atoms with Gasteiger partial charge in [-0.3, -0.25) is 0 Å². The van der Waals surface area contributed by atoms with Gasteiger partial charge < -0.3 is 5.48 Å². The van der Waals surface area contributed by atoms with E-state index in [2.05, 4.69) is 13.8 Å². The first kappa shape index (κ1) is 14.0. The maximum atomic E-state index is 13.7. The highest BCUT2D eigenvalue weighted by Gasteiger charge is 2.33. The summed E-state index contributed by atoms with van der Waals surface area (Å²) in [6.07, 6.45) is 8.27. The molecule has 2 aliphatic carbocycles. The monoisotopic (exact) mass is 232 g/mol. The second kappa shape index (κ2) is 6.00. The molecule has 0 aromatic heterocycles. The molecular weight excluding hydrogens is 203 g/mol. The van der Waals surface area contributed by atoms with E-state index in [1.807, 2.05) is 0 Å². The molecule has 0 spiro atoms. The summed E-state index contributed by atoms with van der Waals surface area (Å²) in [4.78, 5) is 0. The van der Waals surface area contributed by atoms with Gasteiger partial charge in [-0.2, -0.15) is 0 Å². The second-order valence-electron chi connectivity index (χ2n) is 6.09. The van der Waals surface area contributed by atoms with Crippen LogP contribution in [0.25, 0.3) is 0 Å². The number of hydrogen-bond acceptors (Lipinski definition) is 0. The first-order chi connectivity index (χ1) is 7.16. The Hall–Kier alpha value is -0.110. The molecule has 3 atom stereocenters. The van der Waals surface area contributed by atoms with Crippen molar-refractivity contribution in [3.8, 4) is 0 Å². The Morgan fingerprint density at radius 3 is 2.00 bits per heavy atom. The molecule has 98 valence electrons. The van der Waals surface area contributed by atoms with E-state index in [0.717, 1.165) is 24.7 Å². The maximum Gasteiger partial charge on any atom is 0.103 e. The Kier molecular flexibility index (Phi) is 5.23. The first-order valence-electron chi connectivity index (χ1n) is 6.81. The van der Waals surface area contributed by atoms with Gasteiger partial charge in [-0.15, -0.1) is 0 Å². The normalized spacial score (nSPS) is 44.8. The Labute approximate surface area is 101 Å². The maximum absolute atomic E-state index is 13.7. The van der Waals surface area contributed by atoms with Crippen LogP contribution in [-0.4, -0.2) is 11.6 Å². The van der Waals surface area contributed by atoms with Crippen LogP contribution in [0.4, 0.5) is 4.39 Å².